The molecule has 5 nitrogen and oxygen atoms in total. The first kappa shape index (κ1) is 22.5. The Kier molecular flexibility index (Phi) is 6.96. The van der Waals surface area contributed by atoms with Gasteiger partial charge in [0.25, 0.3) is 0 Å². The molecule has 0 unspecified atom stereocenters. The van der Waals surface area contributed by atoms with Crippen molar-refractivity contribution in [2.75, 3.05) is 6.54 Å². The molecule has 0 spiro atoms. The molecule has 2 heterocycles. The fourth-order valence-electron chi connectivity index (χ4n) is 2.61. The number of sulfonamides is 1. The van der Waals surface area contributed by atoms with Crippen LogP contribution in [0.3, 0.4) is 0 Å². The lowest BCUT2D eigenvalue weighted by Crippen LogP contribution is -2.39. The summed E-state index contributed by atoms with van der Waals surface area (Å²) in [6, 6.07) is 10.8. The number of amides is 1. The van der Waals surface area contributed by atoms with Crippen molar-refractivity contribution in [3.05, 3.63) is 74.6 Å². The third-order valence-electron chi connectivity index (χ3n) is 4.09. The lowest BCUT2D eigenvalue weighted by Gasteiger charge is -2.22. The molecule has 0 bridgehead atoms. The van der Waals surface area contributed by atoms with Gasteiger partial charge in [-0.1, -0.05) is 18.2 Å². The number of alkyl halides is 3. The Morgan fingerprint density at radius 3 is 2.07 bits per heavy atom. The number of benzene rings is 1. The lowest BCUT2D eigenvalue weighted by molar-refractivity contribution is -0.137. The van der Waals surface area contributed by atoms with Gasteiger partial charge in [-0.2, -0.15) is 13.2 Å². The molecular weight excluding hydrogens is 457 g/mol. The standard InChI is InChI=1S/C19H17F3N2O3S3/c20-19(21,22)14-4-1-7-17(10-14)30(26,27)23-11-18(25)24(12-15-5-2-8-28-15)13-16-6-3-9-29-16/h1-10,23H,11-13H2. The van der Waals surface area contributed by atoms with E-state index in [-0.39, 0.29) is 0 Å². The average Bonchev–Trinajstić information content (AvgIpc) is 3.39. The van der Waals surface area contributed by atoms with Crippen molar-refractivity contribution in [1.29, 1.82) is 0 Å². The normalized spacial score (nSPS) is 12.1. The van der Waals surface area contributed by atoms with E-state index in [0.29, 0.717) is 19.2 Å². The number of carbonyl (C=O) groups excluding carboxylic acids is 1. The maximum atomic E-state index is 12.9. The summed E-state index contributed by atoms with van der Waals surface area (Å²) in [6.45, 7) is 0.0503. The van der Waals surface area contributed by atoms with E-state index in [1.807, 2.05) is 35.0 Å². The number of nitrogens with zero attached hydrogens (tertiary/aromatic N) is 1. The Morgan fingerprint density at radius 2 is 1.57 bits per heavy atom. The predicted octanol–water partition coefficient (Wildman–Crippen LogP) is 4.34. The highest BCUT2D eigenvalue weighted by molar-refractivity contribution is 7.89. The number of carbonyl (C=O) groups is 1. The Hall–Kier alpha value is -2.21. The van der Waals surface area contributed by atoms with Gasteiger partial charge >= 0.3 is 6.18 Å². The van der Waals surface area contributed by atoms with E-state index in [0.717, 1.165) is 28.0 Å². The molecule has 0 aliphatic rings. The van der Waals surface area contributed by atoms with Gasteiger partial charge in [0.2, 0.25) is 15.9 Å². The largest absolute Gasteiger partial charge is 0.416 e. The van der Waals surface area contributed by atoms with Crippen LogP contribution in [0.25, 0.3) is 0 Å². The summed E-state index contributed by atoms with van der Waals surface area (Å²) in [4.78, 5) is 15.5. The summed E-state index contributed by atoms with van der Waals surface area (Å²) < 4.78 is 65.6. The van der Waals surface area contributed by atoms with Crippen LogP contribution in [0.2, 0.25) is 0 Å². The minimum Gasteiger partial charge on any atom is -0.331 e. The highest BCUT2D eigenvalue weighted by Gasteiger charge is 2.31. The number of halogens is 3. The summed E-state index contributed by atoms with van der Waals surface area (Å²) in [5.74, 6) is -0.479. The second-order valence-electron chi connectivity index (χ2n) is 6.26. The van der Waals surface area contributed by atoms with Crippen LogP contribution in [0.5, 0.6) is 0 Å². The van der Waals surface area contributed by atoms with E-state index in [2.05, 4.69) is 4.72 Å². The van der Waals surface area contributed by atoms with Crippen LogP contribution in [-0.2, 0) is 34.1 Å². The van der Waals surface area contributed by atoms with Crippen LogP contribution in [0.1, 0.15) is 15.3 Å². The van der Waals surface area contributed by atoms with Crippen molar-refractivity contribution in [2.24, 2.45) is 0 Å². The van der Waals surface area contributed by atoms with Gasteiger partial charge in [0.1, 0.15) is 0 Å². The Labute approximate surface area is 179 Å². The molecule has 0 fully saturated rings. The molecule has 160 valence electrons. The number of thiophene rings is 2. The summed E-state index contributed by atoms with van der Waals surface area (Å²) in [5.41, 5.74) is -1.08. The number of hydrogen-bond acceptors (Lipinski definition) is 5. The van der Waals surface area contributed by atoms with Gasteiger partial charge in [0, 0.05) is 9.75 Å². The molecule has 30 heavy (non-hydrogen) atoms. The van der Waals surface area contributed by atoms with Gasteiger partial charge in [0.15, 0.2) is 0 Å². The van der Waals surface area contributed by atoms with Crippen LogP contribution in [0.4, 0.5) is 13.2 Å². The highest BCUT2D eigenvalue weighted by Crippen LogP contribution is 2.30. The van der Waals surface area contributed by atoms with Crippen molar-refractivity contribution in [3.63, 3.8) is 0 Å². The first-order chi connectivity index (χ1) is 14.1. The second kappa shape index (κ2) is 9.29. The number of hydrogen-bond donors (Lipinski definition) is 1. The van der Waals surface area contributed by atoms with Gasteiger partial charge in [-0.3, -0.25) is 4.79 Å². The highest BCUT2D eigenvalue weighted by atomic mass is 32.2. The van der Waals surface area contributed by atoms with Gasteiger partial charge in [-0.05, 0) is 41.1 Å². The number of nitrogens with one attached hydrogen (secondary N) is 1. The molecule has 2 aromatic heterocycles. The minimum atomic E-state index is -4.67. The first-order valence-electron chi connectivity index (χ1n) is 8.64. The lowest BCUT2D eigenvalue weighted by atomic mass is 10.2. The van der Waals surface area contributed by atoms with Crippen LogP contribution < -0.4 is 4.72 Å². The third-order valence-corrected chi connectivity index (χ3v) is 7.21. The van der Waals surface area contributed by atoms with Gasteiger partial charge in [0.05, 0.1) is 30.1 Å². The monoisotopic (exact) mass is 474 g/mol. The summed E-state index contributed by atoms with van der Waals surface area (Å²) in [7, 11) is -4.29. The Bertz CT molecular complexity index is 1040. The van der Waals surface area contributed by atoms with E-state index < -0.39 is 39.1 Å². The molecule has 3 aromatic rings. The van der Waals surface area contributed by atoms with Gasteiger partial charge in [-0.15, -0.1) is 22.7 Å². The van der Waals surface area contributed by atoms with E-state index in [1.54, 1.807) is 0 Å². The second-order valence-corrected chi connectivity index (χ2v) is 10.1. The third kappa shape index (κ3) is 5.91. The summed E-state index contributed by atoms with van der Waals surface area (Å²) >= 11 is 2.94. The first-order valence-corrected chi connectivity index (χ1v) is 11.9. The van der Waals surface area contributed by atoms with Crippen molar-refractivity contribution in [1.82, 2.24) is 9.62 Å². The summed E-state index contributed by atoms with van der Waals surface area (Å²) in [5, 5.41) is 3.75. The zero-order valence-electron chi connectivity index (χ0n) is 15.4. The molecule has 11 heteroatoms. The molecule has 0 aliphatic carbocycles. The zero-order valence-corrected chi connectivity index (χ0v) is 17.9. The maximum Gasteiger partial charge on any atom is 0.416 e. The topological polar surface area (TPSA) is 66.5 Å². The Morgan fingerprint density at radius 1 is 0.967 bits per heavy atom. The van der Waals surface area contributed by atoms with Crippen LogP contribution in [0, 0.1) is 0 Å². The van der Waals surface area contributed by atoms with Crippen LogP contribution >= 0.6 is 22.7 Å². The summed E-state index contributed by atoms with van der Waals surface area (Å²) in [6.07, 6.45) is -4.67. The molecule has 1 N–H and O–H groups in total. The SMILES string of the molecule is O=C(CNS(=O)(=O)c1cccc(C(F)(F)F)c1)N(Cc1cccs1)Cc1cccs1. The molecule has 1 amide bonds. The molecule has 0 saturated carbocycles. The van der Waals surface area contributed by atoms with Crippen molar-refractivity contribution in [3.8, 4) is 0 Å². The molecule has 0 atom stereocenters. The molecule has 0 aliphatic heterocycles. The van der Waals surface area contributed by atoms with E-state index in [4.69, 9.17) is 0 Å². The molecular formula is C19H17F3N2O3S3. The fraction of sp³-hybridized carbons (Fsp3) is 0.211. The molecule has 1 aromatic carbocycles. The minimum absolute atomic E-state index is 0.305. The Balaban J connectivity index is 1.72. The van der Waals surface area contributed by atoms with Crippen LogP contribution in [0.15, 0.2) is 64.2 Å². The van der Waals surface area contributed by atoms with Gasteiger partial charge < -0.3 is 4.90 Å². The molecule has 0 radical (unpaired) electrons. The van der Waals surface area contributed by atoms with Crippen molar-refractivity contribution in [2.45, 2.75) is 24.2 Å². The van der Waals surface area contributed by atoms with Crippen molar-refractivity contribution >= 4 is 38.6 Å². The van der Waals surface area contributed by atoms with Crippen molar-refractivity contribution < 1.29 is 26.4 Å². The number of rotatable bonds is 8. The van der Waals surface area contributed by atoms with Gasteiger partial charge in [-0.25, -0.2) is 13.1 Å². The zero-order chi connectivity index (χ0) is 21.8. The average molecular weight is 475 g/mol. The quantitative estimate of drug-likeness (QED) is 0.528. The fourth-order valence-corrected chi connectivity index (χ4v) is 5.06. The van der Waals surface area contributed by atoms with E-state index in [9.17, 15) is 26.4 Å². The van der Waals surface area contributed by atoms with E-state index >= 15 is 0 Å². The molecule has 3 rings (SSSR count). The van der Waals surface area contributed by atoms with Crippen LogP contribution in [-0.4, -0.2) is 25.8 Å². The smallest absolute Gasteiger partial charge is 0.331 e. The maximum absolute atomic E-state index is 12.9. The molecule has 0 saturated heterocycles. The van der Waals surface area contributed by atoms with E-state index in [1.165, 1.54) is 27.6 Å². The predicted molar refractivity (Wildman–Crippen MR) is 110 cm³/mol.